The number of amides is 1. The third kappa shape index (κ3) is 2.63. The van der Waals surface area contributed by atoms with Crippen molar-refractivity contribution in [1.82, 2.24) is 5.43 Å². The fourth-order valence-electron chi connectivity index (χ4n) is 1.33. The van der Waals surface area contributed by atoms with Crippen molar-refractivity contribution >= 4 is 12.1 Å². The van der Waals surface area contributed by atoms with Gasteiger partial charge in [-0.15, -0.1) is 0 Å². The molecule has 2 rings (SSSR count). The van der Waals surface area contributed by atoms with E-state index in [0.29, 0.717) is 17.1 Å². The minimum atomic E-state index is -0.288. The minimum Gasteiger partial charge on any atom is -0.454 e. The highest BCUT2D eigenvalue weighted by atomic mass is 16.7. The number of hydrogen-bond acceptors (Lipinski definition) is 4. The van der Waals surface area contributed by atoms with E-state index < -0.39 is 0 Å². The van der Waals surface area contributed by atoms with Gasteiger partial charge in [-0.1, -0.05) is 6.08 Å². The highest BCUT2D eigenvalue weighted by molar-refractivity contribution is 5.95. The van der Waals surface area contributed by atoms with Crippen molar-refractivity contribution < 1.29 is 14.3 Å². The van der Waals surface area contributed by atoms with Gasteiger partial charge in [0, 0.05) is 11.8 Å². The van der Waals surface area contributed by atoms with Gasteiger partial charge in [0.15, 0.2) is 11.5 Å². The molecular weight excluding hydrogens is 220 g/mol. The number of fused-ring (bicyclic) bond motifs is 1. The molecule has 0 aliphatic carbocycles. The molecule has 1 aromatic carbocycles. The molecule has 1 N–H and O–H groups in total. The Balaban J connectivity index is 2.04. The van der Waals surface area contributed by atoms with Gasteiger partial charge in [-0.25, -0.2) is 5.43 Å². The Morgan fingerprint density at radius 1 is 1.41 bits per heavy atom. The van der Waals surface area contributed by atoms with Crippen LogP contribution in [0.3, 0.4) is 0 Å². The van der Waals surface area contributed by atoms with Crippen LogP contribution >= 0.6 is 0 Å². The number of carbonyl (C=O) groups excluding carboxylic acids is 1. The summed E-state index contributed by atoms with van der Waals surface area (Å²) < 4.78 is 10.3. The first kappa shape index (κ1) is 11.2. The monoisotopic (exact) mass is 232 g/mol. The van der Waals surface area contributed by atoms with Crippen molar-refractivity contribution in [1.29, 1.82) is 0 Å². The van der Waals surface area contributed by atoms with Crippen LogP contribution in [0.4, 0.5) is 0 Å². The average Bonchev–Trinajstić information content (AvgIpc) is 2.81. The van der Waals surface area contributed by atoms with E-state index in [9.17, 15) is 4.79 Å². The molecule has 0 radical (unpaired) electrons. The predicted octanol–water partition coefficient (Wildman–Crippen LogP) is 1.71. The van der Waals surface area contributed by atoms with Gasteiger partial charge < -0.3 is 9.47 Å². The number of benzene rings is 1. The smallest absolute Gasteiger partial charge is 0.271 e. The van der Waals surface area contributed by atoms with Crippen molar-refractivity contribution in [2.24, 2.45) is 5.10 Å². The normalized spacial score (nSPS) is 13.5. The van der Waals surface area contributed by atoms with Gasteiger partial charge in [-0.05, 0) is 31.2 Å². The molecular formula is C12H12N2O3. The van der Waals surface area contributed by atoms with Crippen molar-refractivity contribution in [2.45, 2.75) is 6.92 Å². The number of carbonyl (C=O) groups is 1. The van der Waals surface area contributed by atoms with Gasteiger partial charge in [-0.3, -0.25) is 4.79 Å². The summed E-state index contributed by atoms with van der Waals surface area (Å²) in [4.78, 5) is 11.7. The number of hydrogen-bond donors (Lipinski definition) is 1. The van der Waals surface area contributed by atoms with E-state index in [1.165, 1.54) is 6.21 Å². The number of ether oxygens (including phenoxy) is 2. The van der Waals surface area contributed by atoms with Crippen LogP contribution in [-0.2, 0) is 0 Å². The molecule has 88 valence electrons. The number of nitrogens with zero attached hydrogens (tertiary/aromatic N) is 1. The molecule has 17 heavy (non-hydrogen) atoms. The second-order valence-corrected chi connectivity index (χ2v) is 3.31. The summed E-state index contributed by atoms with van der Waals surface area (Å²) in [6.07, 6.45) is 5.04. The zero-order chi connectivity index (χ0) is 12.1. The van der Waals surface area contributed by atoms with Crippen LogP contribution in [0, 0.1) is 0 Å². The van der Waals surface area contributed by atoms with Crippen LogP contribution in [0.25, 0.3) is 0 Å². The van der Waals surface area contributed by atoms with Gasteiger partial charge in [0.1, 0.15) is 0 Å². The van der Waals surface area contributed by atoms with Crippen LogP contribution in [0.2, 0.25) is 0 Å². The summed E-state index contributed by atoms with van der Waals surface area (Å²) >= 11 is 0. The largest absolute Gasteiger partial charge is 0.454 e. The molecule has 1 amide bonds. The SMILES string of the molecule is C/C=C/C=N/NC(=O)c1ccc2c(c1)OCO2. The number of allylic oxidation sites excluding steroid dienone is 2. The van der Waals surface area contributed by atoms with E-state index in [4.69, 9.17) is 9.47 Å². The summed E-state index contributed by atoms with van der Waals surface area (Å²) in [5.41, 5.74) is 2.89. The molecule has 5 nitrogen and oxygen atoms in total. The molecule has 0 unspecified atom stereocenters. The molecule has 1 aliphatic heterocycles. The Morgan fingerprint density at radius 2 is 2.24 bits per heavy atom. The Morgan fingerprint density at radius 3 is 3.06 bits per heavy atom. The molecule has 0 saturated heterocycles. The molecule has 0 bridgehead atoms. The van der Waals surface area contributed by atoms with Crippen LogP contribution in [0.5, 0.6) is 11.5 Å². The van der Waals surface area contributed by atoms with E-state index in [0.717, 1.165) is 0 Å². The van der Waals surface area contributed by atoms with E-state index in [2.05, 4.69) is 10.5 Å². The fourth-order valence-corrected chi connectivity index (χ4v) is 1.33. The van der Waals surface area contributed by atoms with E-state index in [1.54, 1.807) is 24.3 Å². The Labute approximate surface area is 98.7 Å². The van der Waals surface area contributed by atoms with Crippen LogP contribution < -0.4 is 14.9 Å². The van der Waals surface area contributed by atoms with Crippen molar-refractivity contribution in [3.63, 3.8) is 0 Å². The summed E-state index contributed by atoms with van der Waals surface area (Å²) in [6, 6.07) is 4.99. The summed E-state index contributed by atoms with van der Waals surface area (Å²) in [7, 11) is 0. The predicted molar refractivity (Wildman–Crippen MR) is 63.3 cm³/mol. The molecule has 1 heterocycles. The van der Waals surface area contributed by atoms with Gasteiger partial charge >= 0.3 is 0 Å². The number of rotatable bonds is 3. The van der Waals surface area contributed by atoms with Crippen molar-refractivity contribution in [2.75, 3.05) is 6.79 Å². The maximum atomic E-state index is 11.7. The molecule has 0 spiro atoms. The summed E-state index contributed by atoms with van der Waals surface area (Å²) in [6.45, 7) is 2.06. The molecule has 5 heteroatoms. The van der Waals surface area contributed by atoms with Crippen LogP contribution in [0.15, 0.2) is 35.5 Å². The molecule has 1 aromatic rings. The van der Waals surface area contributed by atoms with Gasteiger partial charge in [-0.2, -0.15) is 5.10 Å². The Hall–Kier alpha value is -2.30. The van der Waals surface area contributed by atoms with Crippen molar-refractivity contribution in [3.8, 4) is 11.5 Å². The fraction of sp³-hybridized carbons (Fsp3) is 0.167. The topological polar surface area (TPSA) is 59.9 Å². The standard InChI is InChI=1S/C12H12N2O3/c1-2-3-6-13-14-12(15)9-4-5-10-11(7-9)17-8-16-10/h2-7H,8H2,1H3,(H,14,15)/b3-2+,13-6+. The Kier molecular flexibility index (Phi) is 3.40. The van der Waals surface area contributed by atoms with Crippen LogP contribution in [-0.4, -0.2) is 18.9 Å². The first-order valence-corrected chi connectivity index (χ1v) is 5.15. The van der Waals surface area contributed by atoms with E-state index in [1.807, 2.05) is 13.0 Å². The molecule has 1 aliphatic rings. The van der Waals surface area contributed by atoms with E-state index >= 15 is 0 Å². The highest BCUT2D eigenvalue weighted by Crippen LogP contribution is 2.32. The lowest BCUT2D eigenvalue weighted by molar-refractivity contribution is 0.0954. The summed E-state index contributed by atoms with van der Waals surface area (Å²) in [5.74, 6) is 0.943. The first-order valence-electron chi connectivity index (χ1n) is 5.15. The lowest BCUT2D eigenvalue weighted by Gasteiger charge is -2.00. The van der Waals surface area contributed by atoms with E-state index in [-0.39, 0.29) is 12.7 Å². The molecule has 0 fully saturated rings. The minimum absolute atomic E-state index is 0.194. The molecule has 0 aromatic heterocycles. The van der Waals surface area contributed by atoms with Gasteiger partial charge in [0.05, 0.1) is 0 Å². The third-order valence-electron chi connectivity index (χ3n) is 2.15. The van der Waals surface area contributed by atoms with Crippen LogP contribution in [0.1, 0.15) is 17.3 Å². The van der Waals surface area contributed by atoms with Crippen molar-refractivity contribution in [3.05, 3.63) is 35.9 Å². The van der Waals surface area contributed by atoms with Gasteiger partial charge in [0.2, 0.25) is 6.79 Å². The maximum absolute atomic E-state index is 11.7. The zero-order valence-corrected chi connectivity index (χ0v) is 9.34. The molecule has 0 saturated carbocycles. The maximum Gasteiger partial charge on any atom is 0.271 e. The molecule has 0 atom stereocenters. The first-order chi connectivity index (χ1) is 8.31. The number of hydrazone groups is 1. The number of nitrogens with one attached hydrogen (secondary N) is 1. The lowest BCUT2D eigenvalue weighted by atomic mass is 10.2. The third-order valence-corrected chi connectivity index (χ3v) is 2.15. The quantitative estimate of drug-likeness (QED) is 0.637. The lowest BCUT2D eigenvalue weighted by Crippen LogP contribution is -2.17. The zero-order valence-electron chi connectivity index (χ0n) is 9.34. The summed E-state index contributed by atoms with van der Waals surface area (Å²) in [5, 5.41) is 3.75. The second-order valence-electron chi connectivity index (χ2n) is 3.31. The highest BCUT2D eigenvalue weighted by Gasteiger charge is 2.15. The second kappa shape index (κ2) is 5.16. The van der Waals surface area contributed by atoms with Gasteiger partial charge in [0.25, 0.3) is 5.91 Å². The Bertz CT molecular complexity index is 481. The average molecular weight is 232 g/mol.